The highest BCUT2D eigenvalue weighted by atomic mass is 35.5. The maximum atomic E-state index is 9.70. The lowest BCUT2D eigenvalue weighted by atomic mass is 10.0. The Balaban J connectivity index is 2.17. The molecule has 0 aliphatic carbocycles. The van der Waals surface area contributed by atoms with Gasteiger partial charge in [0.15, 0.2) is 0 Å². The molecular formula is C18H26ClN3O. The van der Waals surface area contributed by atoms with E-state index in [1.165, 1.54) is 0 Å². The van der Waals surface area contributed by atoms with Crippen molar-refractivity contribution in [3.05, 3.63) is 28.8 Å². The maximum absolute atomic E-state index is 9.70. The first-order valence-corrected chi connectivity index (χ1v) is 8.82. The first-order chi connectivity index (χ1) is 11.1. The number of nitriles is 1. The van der Waals surface area contributed by atoms with Gasteiger partial charge in [-0.25, -0.2) is 0 Å². The summed E-state index contributed by atoms with van der Waals surface area (Å²) in [5.74, 6) is 0.678. The Morgan fingerprint density at radius 1 is 1.35 bits per heavy atom. The molecule has 1 saturated heterocycles. The van der Waals surface area contributed by atoms with Gasteiger partial charge in [0.05, 0.1) is 17.7 Å². The predicted molar refractivity (Wildman–Crippen MR) is 93.9 cm³/mol. The van der Waals surface area contributed by atoms with E-state index in [9.17, 15) is 5.26 Å². The molecule has 1 fully saturated rings. The fourth-order valence-electron chi connectivity index (χ4n) is 3.28. The van der Waals surface area contributed by atoms with Gasteiger partial charge in [0.25, 0.3) is 0 Å². The third-order valence-electron chi connectivity index (χ3n) is 4.57. The predicted octanol–water partition coefficient (Wildman–Crippen LogP) is 3.72. The molecule has 0 saturated carbocycles. The van der Waals surface area contributed by atoms with Gasteiger partial charge in [0.1, 0.15) is 11.8 Å². The zero-order valence-corrected chi connectivity index (χ0v) is 15.0. The summed E-state index contributed by atoms with van der Waals surface area (Å²) >= 11 is 6.29. The standard InChI is InChI=1S/C18H26ClN3O/c1-4-15-13-22(10-9-21(15)5-2)17(12-20)14-7-8-18(23-6-3)16(19)11-14/h7-8,11,15,17H,4-6,9-10,13H2,1-3H3. The monoisotopic (exact) mass is 335 g/mol. The molecule has 0 amide bonds. The highest BCUT2D eigenvalue weighted by molar-refractivity contribution is 6.32. The molecule has 2 rings (SSSR count). The van der Waals surface area contributed by atoms with Gasteiger partial charge in [-0.1, -0.05) is 31.5 Å². The number of piperazine rings is 1. The molecule has 1 aliphatic heterocycles. The molecule has 1 aliphatic rings. The van der Waals surface area contributed by atoms with Crippen LogP contribution in [0.5, 0.6) is 5.75 Å². The van der Waals surface area contributed by atoms with Crippen molar-refractivity contribution < 1.29 is 4.74 Å². The fraction of sp³-hybridized carbons (Fsp3) is 0.611. The van der Waals surface area contributed by atoms with Crippen LogP contribution in [0, 0.1) is 11.3 Å². The third-order valence-corrected chi connectivity index (χ3v) is 4.87. The van der Waals surface area contributed by atoms with E-state index in [0.717, 1.165) is 38.2 Å². The Morgan fingerprint density at radius 3 is 2.70 bits per heavy atom. The summed E-state index contributed by atoms with van der Waals surface area (Å²) in [6, 6.07) is 8.41. The van der Waals surface area contributed by atoms with Gasteiger partial charge in [0.2, 0.25) is 0 Å². The van der Waals surface area contributed by atoms with E-state index in [-0.39, 0.29) is 6.04 Å². The summed E-state index contributed by atoms with van der Waals surface area (Å²) in [5.41, 5.74) is 0.945. The summed E-state index contributed by atoms with van der Waals surface area (Å²) in [6.07, 6.45) is 1.10. The second-order valence-corrected chi connectivity index (χ2v) is 6.25. The Hall–Kier alpha value is -1.28. The van der Waals surface area contributed by atoms with Crippen LogP contribution in [0.2, 0.25) is 5.02 Å². The van der Waals surface area contributed by atoms with Crippen LogP contribution in [0.15, 0.2) is 18.2 Å². The highest BCUT2D eigenvalue weighted by Crippen LogP contribution is 2.31. The van der Waals surface area contributed by atoms with Gasteiger partial charge in [-0.15, -0.1) is 0 Å². The molecule has 2 atom stereocenters. The largest absolute Gasteiger partial charge is 0.492 e. The topological polar surface area (TPSA) is 39.5 Å². The van der Waals surface area contributed by atoms with E-state index in [4.69, 9.17) is 16.3 Å². The van der Waals surface area contributed by atoms with Crippen LogP contribution in [0.3, 0.4) is 0 Å². The maximum Gasteiger partial charge on any atom is 0.137 e. The molecule has 0 aromatic heterocycles. The second-order valence-electron chi connectivity index (χ2n) is 5.84. The van der Waals surface area contributed by atoms with Crippen LogP contribution in [0.25, 0.3) is 0 Å². The molecule has 5 heteroatoms. The minimum absolute atomic E-state index is 0.253. The van der Waals surface area contributed by atoms with Crippen LogP contribution < -0.4 is 4.74 Å². The smallest absolute Gasteiger partial charge is 0.137 e. The van der Waals surface area contributed by atoms with Crippen LogP contribution >= 0.6 is 11.6 Å². The van der Waals surface area contributed by atoms with E-state index in [1.807, 2.05) is 25.1 Å². The number of benzene rings is 1. The van der Waals surface area contributed by atoms with Gasteiger partial charge in [-0.3, -0.25) is 9.80 Å². The molecule has 1 aromatic rings. The van der Waals surface area contributed by atoms with Crippen LogP contribution in [-0.4, -0.2) is 48.6 Å². The molecule has 0 spiro atoms. The second kappa shape index (κ2) is 8.54. The molecule has 2 unspecified atom stereocenters. The van der Waals surface area contributed by atoms with Crippen molar-refractivity contribution in [1.29, 1.82) is 5.26 Å². The van der Waals surface area contributed by atoms with Gasteiger partial charge >= 0.3 is 0 Å². The summed E-state index contributed by atoms with van der Waals surface area (Å²) in [4.78, 5) is 4.77. The summed E-state index contributed by atoms with van der Waals surface area (Å²) in [7, 11) is 0. The first-order valence-electron chi connectivity index (χ1n) is 8.44. The van der Waals surface area contributed by atoms with E-state index in [2.05, 4.69) is 29.7 Å². The number of hydrogen-bond donors (Lipinski definition) is 0. The Kier molecular flexibility index (Phi) is 6.71. The number of ether oxygens (including phenoxy) is 1. The van der Waals surface area contributed by atoms with Gasteiger partial charge in [0, 0.05) is 25.7 Å². The highest BCUT2D eigenvalue weighted by Gasteiger charge is 2.30. The van der Waals surface area contributed by atoms with Crippen molar-refractivity contribution in [3.63, 3.8) is 0 Å². The average Bonchev–Trinajstić information content (AvgIpc) is 2.57. The van der Waals surface area contributed by atoms with Crippen molar-refractivity contribution in [1.82, 2.24) is 9.80 Å². The minimum atomic E-state index is -0.253. The molecule has 0 radical (unpaired) electrons. The lowest BCUT2D eigenvalue weighted by Crippen LogP contribution is -2.53. The van der Waals surface area contributed by atoms with Crippen LogP contribution in [0.1, 0.15) is 38.8 Å². The quantitative estimate of drug-likeness (QED) is 0.794. The van der Waals surface area contributed by atoms with Gasteiger partial charge in [-0.2, -0.15) is 5.26 Å². The van der Waals surface area contributed by atoms with E-state index in [0.29, 0.717) is 23.4 Å². The SMILES string of the molecule is CCOc1ccc(C(C#N)N2CCN(CC)C(CC)C2)cc1Cl. The van der Waals surface area contributed by atoms with Crippen molar-refractivity contribution in [2.45, 2.75) is 39.3 Å². The lowest BCUT2D eigenvalue weighted by molar-refractivity contribution is 0.0623. The number of halogens is 1. The van der Waals surface area contributed by atoms with Crippen molar-refractivity contribution in [3.8, 4) is 11.8 Å². The zero-order valence-electron chi connectivity index (χ0n) is 14.3. The fourth-order valence-corrected chi connectivity index (χ4v) is 3.53. The minimum Gasteiger partial charge on any atom is -0.492 e. The average molecular weight is 336 g/mol. The van der Waals surface area contributed by atoms with Crippen LogP contribution in [-0.2, 0) is 0 Å². The van der Waals surface area contributed by atoms with E-state index >= 15 is 0 Å². The normalized spacial score (nSPS) is 20.9. The van der Waals surface area contributed by atoms with Crippen LogP contribution in [0.4, 0.5) is 0 Å². The molecule has 126 valence electrons. The molecule has 4 nitrogen and oxygen atoms in total. The molecular weight excluding hydrogens is 310 g/mol. The molecule has 0 bridgehead atoms. The lowest BCUT2D eigenvalue weighted by Gasteiger charge is -2.42. The Morgan fingerprint density at radius 2 is 2.13 bits per heavy atom. The van der Waals surface area contributed by atoms with Crippen molar-refractivity contribution in [2.24, 2.45) is 0 Å². The van der Waals surface area contributed by atoms with Gasteiger partial charge < -0.3 is 4.74 Å². The summed E-state index contributed by atoms with van der Waals surface area (Å²) < 4.78 is 5.48. The summed E-state index contributed by atoms with van der Waals surface area (Å²) in [5, 5.41) is 10.3. The van der Waals surface area contributed by atoms with Crippen molar-refractivity contribution in [2.75, 3.05) is 32.8 Å². The number of nitrogens with zero attached hydrogens (tertiary/aromatic N) is 3. The third kappa shape index (κ3) is 4.17. The molecule has 1 aromatic carbocycles. The first kappa shape index (κ1) is 18.1. The Bertz CT molecular complexity index is 558. The molecule has 1 heterocycles. The zero-order chi connectivity index (χ0) is 16.8. The number of rotatable bonds is 6. The Labute approximate surface area is 144 Å². The summed E-state index contributed by atoms with van der Waals surface area (Å²) in [6.45, 7) is 10.8. The molecule has 23 heavy (non-hydrogen) atoms. The van der Waals surface area contributed by atoms with Gasteiger partial charge in [-0.05, 0) is 37.6 Å². The van der Waals surface area contributed by atoms with E-state index < -0.39 is 0 Å². The molecule has 0 N–H and O–H groups in total. The van der Waals surface area contributed by atoms with Crippen molar-refractivity contribution >= 4 is 11.6 Å². The number of likely N-dealkylation sites (N-methyl/N-ethyl adjacent to an activating group) is 1. The number of hydrogen-bond acceptors (Lipinski definition) is 4. The van der Waals surface area contributed by atoms with E-state index in [1.54, 1.807) is 0 Å².